The third-order valence-corrected chi connectivity index (χ3v) is 2.68. The molecule has 0 radical (unpaired) electrons. The molecule has 1 aliphatic heterocycles. The summed E-state index contributed by atoms with van der Waals surface area (Å²) in [5.41, 5.74) is 0. The lowest BCUT2D eigenvalue weighted by atomic mass is 9.95. The van der Waals surface area contributed by atoms with Crippen molar-refractivity contribution >= 4 is 0 Å². The molecule has 13 heavy (non-hydrogen) atoms. The molecule has 0 aromatic carbocycles. The second-order valence-electron chi connectivity index (χ2n) is 4.04. The van der Waals surface area contributed by atoms with Crippen LogP contribution in [-0.4, -0.2) is 38.6 Å². The molecule has 1 rings (SSSR count). The topological polar surface area (TPSA) is 15.3 Å². The van der Waals surface area contributed by atoms with E-state index < -0.39 is 0 Å². The Morgan fingerprint density at radius 3 is 3.00 bits per heavy atom. The highest BCUT2D eigenvalue weighted by molar-refractivity contribution is 4.87. The molecule has 1 fully saturated rings. The average Bonchev–Trinajstić information content (AvgIpc) is 2.13. The van der Waals surface area contributed by atoms with E-state index in [1.54, 1.807) is 0 Å². The van der Waals surface area contributed by atoms with E-state index in [0.29, 0.717) is 0 Å². The number of nitrogens with one attached hydrogen (secondary N) is 1. The highest BCUT2D eigenvalue weighted by atomic mass is 15.1. The van der Waals surface area contributed by atoms with Gasteiger partial charge in [0.05, 0.1) is 0 Å². The third kappa shape index (κ3) is 4.44. The number of allylic oxidation sites excluding steroid dienone is 1. The lowest BCUT2D eigenvalue weighted by Crippen LogP contribution is -2.31. The van der Waals surface area contributed by atoms with Crippen molar-refractivity contribution < 1.29 is 0 Å². The van der Waals surface area contributed by atoms with Gasteiger partial charge in [-0.3, -0.25) is 0 Å². The highest BCUT2D eigenvalue weighted by Gasteiger charge is 2.15. The maximum Gasteiger partial charge on any atom is 0.0131 e. The van der Waals surface area contributed by atoms with Crippen LogP contribution in [0.1, 0.15) is 19.3 Å². The Labute approximate surface area is 82.0 Å². The van der Waals surface area contributed by atoms with E-state index >= 15 is 0 Å². The van der Waals surface area contributed by atoms with Crippen LogP contribution >= 0.6 is 0 Å². The number of nitrogens with zero attached hydrogens (tertiary/aromatic N) is 1. The number of hydrogen-bond acceptors (Lipinski definition) is 2. The minimum atomic E-state index is 0.895. The van der Waals surface area contributed by atoms with Gasteiger partial charge in [-0.05, 0) is 45.8 Å². The van der Waals surface area contributed by atoms with Gasteiger partial charge >= 0.3 is 0 Å². The van der Waals surface area contributed by atoms with Crippen molar-refractivity contribution in [1.82, 2.24) is 10.2 Å². The summed E-state index contributed by atoms with van der Waals surface area (Å²) < 4.78 is 0. The molecular formula is C11H22N2. The van der Waals surface area contributed by atoms with Crippen LogP contribution in [0.15, 0.2) is 12.2 Å². The molecule has 0 aliphatic carbocycles. The number of piperidine rings is 1. The molecule has 0 saturated carbocycles. The number of likely N-dealkylation sites (N-methyl/N-ethyl adjacent to an activating group) is 1. The molecule has 0 bridgehead atoms. The fraction of sp³-hybridized carbons (Fsp3) is 0.818. The van der Waals surface area contributed by atoms with E-state index in [-0.39, 0.29) is 0 Å². The van der Waals surface area contributed by atoms with Crippen molar-refractivity contribution in [3.8, 4) is 0 Å². The molecular weight excluding hydrogens is 160 g/mol. The van der Waals surface area contributed by atoms with Crippen LogP contribution in [0, 0.1) is 5.92 Å². The predicted molar refractivity (Wildman–Crippen MR) is 57.9 cm³/mol. The Balaban J connectivity index is 2.13. The second-order valence-corrected chi connectivity index (χ2v) is 4.04. The summed E-state index contributed by atoms with van der Waals surface area (Å²) in [5, 5.41) is 3.12. The SMILES string of the molecule is CNC/C=C\CC1CCCN(C)C1. The van der Waals surface area contributed by atoms with Crippen LogP contribution in [0.3, 0.4) is 0 Å². The Morgan fingerprint density at radius 2 is 2.31 bits per heavy atom. The smallest absolute Gasteiger partial charge is 0.0131 e. The Hall–Kier alpha value is -0.340. The van der Waals surface area contributed by atoms with Gasteiger partial charge in [-0.25, -0.2) is 0 Å². The van der Waals surface area contributed by atoms with Crippen molar-refractivity contribution in [2.75, 3.05) is 33.7 Å². The lowest BCUT2D eigenvalue weighted by Gasteiger charge is -2.28. The van der Waals surface area contributed by atoms with Crippen LogP contribution in [-0.2, 0) is 0 Å². The van der Waals surface area contributed by atoms with E-state index in [4.69, 9.17) is 0 Å². The van der Waals surface area contributed by atoms with Gasteiger partial charge in [0.15, 0.2) is 0 Å². The van der Waals surface area contributed by atoms with Crippen molar-refractivity contribution in [2.24, 2.45) is 5.92 Å². The Bertz CT molecular complexity index is 154. The number of rotatable bonds is 4. The minimum Gasteiger partial charge on any atom is -0.316 e. The zero-order valence-corrected chi connectivity index (χ0v) is 8.92. The van der Waals surface area contributed by atoms with E-state index in [0.717, 1.165) is 12.5 Å². The maximum atomic E-state index is 3.12. The van der Waals surface area contributed by atoms with Gasteiger partial charge < -0.3 is 10.2 Å². The molecule has 2 nitrogen and oxygen atoms in total. The van der Waals surface area contributed by atoms with Crippen molar-refractivity contribution in [1.29, 1.82) is 0 Å². The van der Waals surface area contributed by atoms with Crippen molar-refractivity contribution in [3.63, 3.8) is 0 Å². The molecule has 1 atom stereocenters. The minimum absolute atomic E-state index is 0.895. The molecule has 76 valence electrons. The summed E-state index contributed by atoms with van der Waals surface area (Å²) in [7, 11) is 4.21. The second kappa shape index (κ2) is 6.17. The molecule has 0 aromatic rings. The Kier molecular flexibility index (Phi) is 5.09. The van der Waals surface area contributed by atoms with E-state index in [1.165, 1.54) is 32.4 Å². The van der Waals surface area contributed by atoms with Gasteiger partial charge in [-0.15, -0.1) is 0 Å². The third-order valence-electron chi connectivity index (χ3n) is 2.68. The fourth-order valence-corrected chi connectivity index (χ4v) is 1.96. The van der Waals surface area contributed by atoms with Gasteiger partial charge in [0.1, 0.15) is 0 Å². The first-order valence-corrected chi connectivity index (χ1v) is 5.31. The summed E-state index contributed by atoms with van der Waals surface area (Å²) >= 11 is 0. The largest absolute Gasteiger partial charge is 0.316 e. The average molecular weight is 182 g/mol. The van der Waals surface area contributed by atoms with Crippen LogP contribution in [0.5, 0.6) is 0 Å². The normalized spacial score (nSPS) is 25.5. The quantitative estimate of drug-likeness (QED) is 0.663. The van der Waals surface area contributed by atoms with Crippen LogP contribution in [0.4, 0.5) is 0 Å². The number of hydrogen-bond donors (Lipinski definition) is 1. The first kappa shape index (κ1) is 10.7. The maximum absolute atomic E-state index is 3.12. The van der Waals surface area contributed by atoms with E-state index in [2.05, 4.69) is 29.4 Å². The molecule has 2 heteroatoms. The predicted octanol–water partition coefficient (Wildman–Crippen LogP) is 1.49. The molecule has 1 N–H and O–H groups in total. The summed E-state index contributed by atoms with van der Waals surface area (Å²) in [6, 6.07) is 0. The summed E-state index contributed by atoms with van der Waals surface area (Å²) in [6.45, 7) is 3.57. The summed E-state index contributed by atoms with van der Waals surface area (Å²) in [4.78, 5) is 2.44. The van der Waals surface area contributed by atoms with Gasteiger partial charge in [-0.2, -0.15) is 0 Å². The Morgan fingerprint density at radius 1 is 1.46 bits per heavy atom. The summed E-state index contributed by atoms with van der Waals surface area (Å²) in [6.07, 6.45) is 8.59. The molecule has 1 aliphatic rings. The van der Waals surface area contributed by atoms with Crippen LogP contribution < -0.4 is 5.32 Å². The molecule has 1 unspecified atom stereocenters. The molecule has 0 spiro atoms. The number of likely N-dealkylation sites (tertiary alicyclic amines) is 1. The first-order valence-electron chi connectivity index (χ1n) is 5.31. The lowest BCUT2D eigenvalue weighted by molar-refractivity contribution is 0.211. The van der Waals surface area contributed by atoms with Crippen LogP contribution in [0.25, 0.3) is 0 Å². The fourth-order valence-electron chi connectivity index (χ4n) is 1.96. The first-order chi connectivity index (χ1) is 6.33. The van der Waals surface area contributed by atoms with Crippen molar-refractivity contribution in [2.45, 2.75) is 19.3 Å². The molecule has 1 heterocycles. The summed E-state index contributed by atoms with van der Waals surface area (Å²) in [5.74, 6) is 0.895. The molecule has 1 saturated heterocycles. The molecule has 0 aromatic heterocycles. The van der Waals surface area contributed by atoms with Gasteiger partial charge in [0, 0.05) is 13.1 Å². The van der Waals surface area contributed by atoms with Gasteiger partial charge in [0.25, 0.3) is 0 Å². The van der Waals surface area contributed by atoms with Gasteiger partial charge in [-0.1, -0.05) is 12.2 Å². The van der Waals surface area contributed by atoms with Crippen LogP contribution in [0.2, 0.25) is 0 Å². The standard InChI is InChI=1S/C11H22N2/c1-12-8-4-3-6-11-7-5-9-13(2)10-11/h3-4,11-12H,5-10H2,1-2H3/b4-3-. The van der Waals surface area contributed by atoms with E-state index in [9.17, 15) is 0 Å². The highest BCUT2D eigenvalue weighted by Crippen LogP contribution is 2.18. The zero-order valence-electron chi connectivity index (χ0n) is 8.92. The molecule has 0 amide bonds. The van der Waals surface area contributed by atoms with E-state index in [1.807, 2.05) is 7.05 Å². The monoisotopic (exact) mass is 182 g/mol. The van der Waals surface area contributed by atoms with Crippen molar-refractivity contribution in [3.05, 3.63) is 12.2 Å². The van der Waals surface area contributed by atoms with Gasteiger partial charge in [0.2, 0.25) is 0 Å². The zero-order chi connectivity index (χ0) is 9.52.